The molecule has 0 aromatic carbocycles. The summed E-state index contributed by atoms with van der Waals surface area (Å²) in [5.41, 5.74) is 1.15. The van der Waals surface area contributed by atoms with Crippen LogP contribution in [-0.2, 0) is 4.74 Å². The van der Waals surface area contributed by atoms with Gasteiger partial charge in [-0.1, -0.05) is 0 Å². The number of carbonyl (C=O) groups is 1. The van der Waals surface area contributed by atoms with E-state index in [-0.39, 0.29) is 23.7 Å². The topological polar surface area (TPSA) is 83.9 Å². The van der Waals surface area contributed by atoms with Crippen LogP contribution >= 0.6 is 15.9 Å². The van der Waals surface area contributed by atoms with Crippen LogP contribution in [0.15, 0.2) is 16.7 Å². The van der Waals surface area contributed by atoms with Gasteiger partial charge in [0.05, 0.1) is 23.1 Å². The van der Waals surface area contributed by atoms with Crippen molar-refractivity contribution in [2.24, 2.45) is 0 Å². The van der Waals surface area contributed by atoms with Gasteiger partial charge in [0.1, 0.15) is 17.7 Å². The maximum atomic E-state index is 12.9. The third-order valence-electron chi connectivity index (χ3n) is 8.13. The number of hydrogen-bond acceptors (Lipinski definition) is 8. The van der Waals surface area contributed by atoms with Crippen LogP contribution in [0.25, 0.3) is 11.0 Å². The van der Waals surface area contributed by atoms with E-state index < -0.39 is 5.60 Å². The highest BCUT2D eigenvalue weighted by Crippen LogP contribution is 2.40. The zero-order chi connectivity index (χ0) is 25.1. The molecule has 2 bridgehead atoms. The number of piperazine rings is 1. The highest BCUT2D eigenvalue weighted by atomic mass is 79.9. The molecule has 4 fully saturated rings. The second-order valence-corrected chi connectivity index (χ2v) is 12.7. The number of amides is 1. The first-order chi connectivity index (χ1) is 17.2. The van der Waals surface area contributed by atoms with E-state index in [0.29, 0.717) is 25.7 Å². The lowest BCUT2D eigenvalue weighted by molar-refractivity contribution is 0.0122. The third-order valence-corrected chi connectivity index (χ3v) is 8.56. The van der Waals surface area contributed by atoms with E-state index in [0.717, 1.165) is 47.3 Å². The summed E-state index contributed by atoms with van der Waals surface area (Å²) >= 11 is 3.54. The van der Waals surface area contributed by atoms with Gasteiger partial charge in [-0.05, 0) is 94.4 Å². The quantitative estimate of drug-likeness (QED) is 0.546. The van der Waals surface area contributed by atoms with Crippen molar-refractivity contribution in [3.05, 3.63) is 16.7 Å². The first kappa shape index (κ1) is 24.2. The van der Waals surface area contributed by atoms with Gasteiger partial charge in [-0.2, -0.15) is 9.97 Å². The van der Waals surface area contributed by atoms with E-state index >= 15 is 0 Å². The Hall–Kier alpha value is -2.20. The van der Waals surface area contributed by atoms with Crippen molar-refractivity contribution in [3.8, 4) is 6.01 Å². The molecule has 0 N–H and O–H groups in total. The van der Waals surface area contributed by atoms with Gasteiger partial charge in [-0.25, -0.2) is 9.78 Å². The standard InChI is InChI=1S/C26H35BrN6O3/c1-25(2,3)36-24(34)33-18-6-7-19(33)15-31(14-18)22-21-20(12-17(27)13-28-21)29-23(30-22)35-16-26-8-4-10-32(26)11-5-9-26/h12-13,18-19H,4-11,14-16H2,1-3H3. The molecule has 0 radical (unpaired) electrons. The summed E-state index contributed by atoms with van der Waals surface area (Å²) < 4.78 is 12.9. The molecule has 0 saturated carbocycles. The van der Waals surface area contributed by atoms with Gasteiger partial charge < -0.3 is 14.4 Å². The first-order valence-corrected chi connectivity index (χ1v) is 14.0. The van der Waals surface area contributed by atoms with Crippen molar-refractivity contribution in [1.29, 1.82) is 0 Å². The summed E-state index contributed by atoms with van der Waals surface area (Å²) in [6.45, 7) is 10.1. The highest BCUT2D eigenvalue weighted by molar-refractivity contribution is 9.10. The summed E-state index contributed by atoms with van der Waals surface area (Å²) in [6.07, 6.45) is 8.31. The molecule has 2 aromatic rings. The number of carbonyl (C=O) groups excluding carboxylic acids is 1. The summed E-state index contributed by atoms with van der Waals surface area (Å²) in [6, 6.07) is 2.56. The molecule has 9 nitrogen and oxygen atoms in total. The maximum Gasteiger partial charge on any atom is 0.410 e. The number of fused-ring (bicyclic) bond motifs is 4. The Morgan fingerprint density at radius 2 is 1.83 bits per heavy atom. The van der Waals surface area contributed by atoms with E-state index in [1.165, 1.54) is 25.7 Å². The largest absolute Gasteiger partial charge is 0.461 e. The minimum absolute atomic E-state index is 0.0906. The van der Waals surface area contributed by atoms with Gasteiger partial charge in [-0.15, -0.1) is 0 Å². The van der Waals surface area contributed by atoms with Crippen LogP contribution in [0.3, 0.4) is 0 Å². The Labute approximate surface area is 220 Å². The second-order valence-electron chi connectivity index (χ2n) is 11.7. The number of aromatic nitrogens is 3. The predicted molar refractivity (Wildman–Crippen MR) is 140 cm³/mol. The lowest BCUT2D eigenvalue weighted by atomic mass is 9.95. The Bertz CT molecular complexity index is 1150. The molecule has 4 aliphatic rings. The maximum absolute atomic E-state index is 12.9. The Morgan fingerprint density at radius 3 is 2.50 bits per heavy atom. The highest BCUT2D eigenvalue weighted by Gasteiger charge is 2.46. The molecule has 1 amide bonds. The number of ether oxygens (including phenoxy) is 2. The predicted octanol–water partition coefficient (Wildman–Crippen LogP) is 4.38. The molecule has 2 unspecified atom stereocenters. The van der Waals surface area contributed by atoms with Gasteiger partial charge in [0, 0.05) is 23.8 Å². The zero-order valence-electron chi connectivity index (χ0n) is 21.4. The minimum atomic E-state index is -0.506. The number of anilines is 1. The number of pyridine rings is 1. The average Bonchev–Trinajstić information content (AvgIpc) is 3.46. The van der Waals surface area contributed by atoms with Gasteiger partial charge in [0.25, 0.3) is 0 Å². The van der Waals surface area contributed by atoms with Crippen LogP contribution < -0.4 is 9.64 Å². The molecule has 0 spiro atoms. The Balaban J connectivity index is 1.27. The zero-order valence-corrected chi connectivity index (χ0v) is 23.0. The summed E-state index contributed by atoms with van der Waals surface area (Å²) in [5.74, 6) is 0.787. The molecule has 2 atom stereocenters. The smallest absolute Gasteiger partial charge is 0.410 e. The van der Waals surface area contributed by atoms with E-state index in [4.69, 9.17) is 19.4 Å². The van der Waals surface area contributed by atoms with Gasteiger partial charge >= 0.3 is 12.1 Å². The van der Waals surface area contributed by atoms with Crippen LogP contribution in [0.4, 0.5) is 10.6 Å². The van der Waals surface area contributed by atoms with E-state index in [9.17, 15) is 4.79 Å². The molecule has 10 heteroatoms. The molecule has 36 heavy (non-hydrogen) atoms. The third kappa shape index (κ3) is 4.40. The van der Waals surface area contributed by atoms with Crippen LogP contribution in [-0.4, -0.2) is 86.9 Å². The van der Waals surface area contributed by atoms with Crippen molar-refractivity contribution in [2.45, 2.75) is 82.5 Å². The Kier molecular flexibility index (Phi) is 6.02. The number of halogens is 1. The molecule has 2 aromatic heterocycles. The normalized spacial score (nSPS) is 25.4. The van der Waals surface area contributed by atoms with Gasteiger partial charge in [0.15, 0.2) is 5.82 Å². The van der Waals surface area contributed by atoms with Gasteiger partial charge in [0.2, 0.25) is 0 Å². The fraction of sp³-hybridized carbons (Fsp3) is 0.692. The monoisotopic (exact) mass is 558 g/mol. The van der Waals surface area contributed by atoms with Crippen LogP contribution in [0, 0.1) is 0 Å². The number of hydrogen-bond donors (Lipinski definition) is 0. The molecule has 194 valence electrons. The van der Waals surface area contributed by atoms with Crippen molar-refractivity contribution in [1.82, 2.24) is 24.8 Å². The fourth-order valence-electron chi connectivity index (χ4n) is 6.59. The van der Waals surface area contributed by atoms with Crippen molar-refractivity contribution < 1.29 is 14.3 Å². The summed E-state index contributed by atoms with van der Waals surface area (Å²) in [7, 11) is 0. The lowest BCUT2D eigenvalue weighted by Gasteiger charge is -2.41. The average molecular weight is 560 g/mol. The minimum Gasteiger partial charge on any atom is -0.461 e. The van der Waals surface area contributed by atoms with Crippen molar-refractivity contribution in [3.63, 3.8) is 0 Å². The van der Waals surface area contributed by atoms with E-state index in [2.05, 4.69) is 30.7 Å². The molecular formula is C26H35BrN6O3. The van der Waals surface area contributed by atoms with Crippen LogP contribution in [0.5, 0.6) is 6.01 Å². The van der Waals surface area contributed by atoms with Crippen molar-refractivity contribution in [2.75, 3.05) is 37.7 Å². The molecule has 4 aliphatic heterocycles. The summed E-state index contributed by atoms with van der Waals surface area (Å²) in [5, 5.41) is 0. The summed E-state index contributed by atoms with van der Waals surface area (Å²) in [4.78, 5) is 34.1. The molecule has 0 aliphatic carbocycles. The number of nitrogens with zero attached hydrogens (tertiary/aromatic N) is 6. The Morgan fingerprint density at radius 1 is 1.14 bits per heavy atom. The van der Waals surface area contributed by atoms with Crippen LogP contribution in [0.2, 0.25) is 0 Å². The lowest BCUT2D eigenvalue weighted by Crippen LogP contribution is -2.57. The van der Waals surface area contributed by atoms with Gasteiger partial charge in [-0.3, -0.25) is 9.80 Å². The molecule has 6 heterocycles. The van der Waals surface area contributed by atoms with E-state index in [1.807, 2.05) is 31.7 Å². The van der Waals surface area contributed by atoms with E-state index in [1.54, 1.807) is 6.20 Å². The van der Waals surface area contributed by atoms with Crippen molar-refractivity contribution >= 4 is 38.9 Å². The fourth-order valence-corrected chi connectivity index (χ4v) is 6.91. The molecule has 6 rings (SSSR count). The first-order valence-electron chi connectivity index (χ1n) is 13.2. The molecular weight excluding hydrogens is 524 g/mol. The SMILES string of the molecule is CC(C)(C)OC(=O)N1C2CCC1CN(c1nc(OCC34CCCN3CCC4)nc3cc(Br)cnc13)C2. The van der Waals surface area contributed by atoms with Crippen LogP contribution in [0.1, 0.15) is 59.3 Å². The second kappa shape index (κ2) is 8.97. The molecule has 4 saturated heterocycles. The number of rotatable bonds is 4.